The predicted octanol–water partition coefficient (Wildman–Crippen LogP) is 3.34. The topological polar surface area (TPSA) is 52.5 Å². The van der Waals surface area contributed by atoms with Crippen molar-refractivity contribution < 1.29 is 14.3 Å². The number of carbonyl (C=O) groups excluding carboxylic acids is 1. The molecule has 0 saturated carbocycles. The summed E-state index contributed by atoms with van der Waals surface area (Å²) in [4.78, 5) is 12.6. The summed E-state index contributed by atoms with van der Waals surface area (Å²) in [6.07, 6.45) is 0. The van der Waals surface area contributed by atoms with E-state index in [0.717, 1.165) is 40.6 Å². The third kappa shape index (κ3) is 2.79. The number of nitrogens with zero attached hydrogens (tertiary/aromatic N) is 1. The molecule has 3 rings (SSSR count). The van der Waals surface area contributed by atoms with Crippen LogP contribution in [0.2, 0.25) is 0 Å². The zero-order valence-corrected chi connectivity index (χ0v) is 14.0. The first-order valence-electron chi connectivity index (χ1n) is 7.88. The third-order valence-corrected chi connectivity index (χ3v) is 4.38. The fraction of sp³-hybridized carbons (Fsp3) is 0.389. The van der Waals surface area contributed by atoms with Gasteiger partial charge < -0.3 is 19.4 Å². The summed E-state index contributed by atoms with van der Waals surface area (Å²) in [6, 6.07) is 7.59. The van der Waals surface area contributed by atoms with E-state index in [1.54, 1.807) is 0 Å². The highest BCUT2D eigenvalue weighted by Gasteiger charge is 2.19. The Hall–Kier alpha value is -2.43. The molecule has 2 aromatic rings. The number of amides is 1. The van der Waals surface area contributed by atoms with Crippen molar-refractivity contribution in [1.29, 1.82) is 0 Å². The van der Waals surface area contributed by atoms with Crippen molar-refractivity contribution in [3.8, 4) is 11.5 Å². The molecular formula is C18H22N2O3. The molecule has 1 aromatic carbocycles. The standard InChI is InChI=1S/C18H22N2O3/c1-5-20-11(2)8-15(13(20)4)18(21)19-12(3)14-6-7-16-17(9-14)23-10-22-16/h6-9,12H,5,10H2,1-4H3,(H,19,21). The Labute approximate surface area is 136 Å². The second-order valence-corrected chi connectivity index (χ2v) is 5.84. The van der Waals surface area contributed by atoms with Gasteiger partial charge in [0.1, 0.15) is 0 Å². The van der Waals surface area contributed by atoms with Crippen molar-refractivity contribution >= 4 is 5.91 Å². The monoisotopic (exact) mass is 314 g/mol. The second-order valence-electron chi connectivity index (χ2n) is 5.84. The molecule has 23 heavy (non-hydrogen) atoms. The van der Waals surface area contributed by atoms with Crippen LogP contribution in [0.3, 0.4) is 0 Å². The van der Waals surface area contributed by atoms with Gasteiger partial charge in [0.15, 0.2) is 11.5 Å². The van der Waals surface area contributed by atoms with Crippen LogP contribution in [0.4, 0.5) is 0 Å². The Balaban J connectivity index is 1.77. The van der Waals surface area contributed by atoms with Gasteiger partial charge in [-0.15, -0.1) is 0 Å². The van der Waals surface area contributed by atoms with Crippen molar-refractivity contribution in [2.24, 2.45) is 0 Å². The zero-order valence-electron chi connectivity index (χ0n) is 14.0. The van der Waals surface area contributed by atoms with E-state index >= 15 is 0 Å². The maximum atomic E-state index is 12.6. The average Bonchev–Trinajstić information content (AvgIpc) is 3.10. The van der Waals surface area contributed by atoms with Crippen LogP contribution in [0.1, 0.15) is 47.2 Å². The largest absolute Gasteiger partial charge is 0.454 e. The summed E-state index contributed by atoms with van der Waals surface area (Å²) < 4.78 is 12.8. The van der Waals surface area contributed by atoms with Gasteiger partial charge in [0.25, 0.3) is 5.91 Å². The van der Waals surface area contributed by atoms with E-state index in [1.165, 1.54) is 0 Å². The lowest BCUT2D eigenvalue weighted by Gasteiger charge is -2.15. The minimum absolute atomic E-state index is 0.0528. The highest BCUT2D eigenvalue weighted by Crippen LogP contribution is 2.34. The summed E-state index contributed by atoms with van der Waals surface area (Å²) in [5.74, 6) is 1.43. The van der Waals surface area contributed by atoms with Crippen LogP contribution >= 0.6 is 0 Å². The number of carbonyl (C=O) groups is 1. The molecule has 1 amide bonds. The molecule has 0 aliphatic carbocycles. The Morgan fingerprint density at radius 3 is 2.70 bits per heavy atom. The summed E-state index contributed by atoms with van der Waals surface area (Å²) in [7, 11) is 0. The number of benzene rings is 1. The SMILES string of the molecule is CCn1c(C)cc(C(=O)NC(C)c2ccc3c(c2)OCO3)c1C. The molecule has 1 aromatic heterocycles. The minimum Gasteiger partial charge on any atom is -0.454 e. The van der Waals surface area contributed by atoms with E-state index in [0.29, 0.717) is 0 Å². The Morgan fingerprint density at radius 2 is 2.00 bits per heavy atom. The highest BCUT2D eigenvalue weighted by molar-refractivity contribution is 5.96. The molecule has 1 atom stereocenters. The number of fused-ring (bicyclic) bond motifs is 1. The van der Waals surface area contributed by atoms with Crippen molar-refractivity contribution in [2.75, 3.05) is 6.79 Å². The van der Waals surface area contributed by atoms with E-state index in [9.17, 15) is 4.79 Å². The van der Waals surface area contributed by atoms with Gasteiger partial charge in [-0.05, 0) is 51.5 Å². The molecule has 2 heterocycles. The number of ether oxygens (including phenoxy) is 2. The van der Waals surface area contributed by atoms with Crippen LogP contribution < -0.4 is 14.8 Å². The van der Waals surface area contributed by atoms with Crippen LogP contribution in [-0.2, 0) is 6.54 Å². The first-order chi connectivity index (χ1) is 11.0. The predicted molar refractivity (Wildman–Crippen MR) is 88.0 cm³/mol. The van der Waals surface area contributed by atoms with Crippen LogP contribution in [0, 0.1) is 13.8 Å². The number of aryl methyl sites for hydroxylation is 1. The van der Waals surface area contributed by atoms with Crippen molar-refractivity contribution in [2.45, 2.75) is 40.3 Å². The number of hydrogen-bond donors (Lipinski definition) is 1. The van der Waals surface area contributed by atoms with E-state index in [1.807, 2.05) is 45.0 Å². The third-order valence-electron chi connectivity index (χ3n) is 4.38. The molecule has 1 aliphatic heterocycles. The highest BCUT2D eigenvalue weighted by atomic mass is 16.7. The fourth-order valence-corrected chi connectivity index (χ4v) is 3.06. The van der Waals surface area contributed by atoms with Crippen LogP contribution in [0.15, 0.2) is 24.3 Å². The van der Waals surface area contributed by atoms with Gasteiger partial charge in [-0.2, -0.15) is 0 Å². The molecule has 0 saturated heterocycles. The van der Waals surface area contributed by atoms with Gasteiger partial charge in [0.2, 0.25) is 6.79 Å². The number of rotatable bonds is 4. The Bertz CT molecular complexity index is 749. The molecular weight excluding hydrogens is 292 g/mol. The van der Waals surface area contributed by atoms with Crippen LogP contribution in [0.5, 0.6) is 11.5 Å². The van der Waals surface area contributed by atoms with E-state index in [2.05, 4.69) is 16.8 Å². The van der Waals surface area contributed by atoms with Gasteiger partial charge in [0, 0.05) is 17.9 Å². The van der Waals surface area contributed by atoms with Crippen LogP contribution in [-0.4, -0.2) is 17.3 Å². The van der Waals surface area contributed by atoms with Crippen molar-refractivity contribution in [1.82, 2.24) is 9.88 Å². The zero-order chi connectivity index (χ0) is 16.6. The molecule has 122 valence electrons. The summed E-state index contributed by atoms with van der Waals surface area (Å²) in [5.41, 5.74) is 3.83. The molecule has 0 bridgehead atoms. The van der Waals surface area contributed by atoms with E-state index in [-0.39, 0.29) is 18.7 Å². The lowest BCUT2D eigenvalue weighted by atomic mass is 10.1. The van der Waals surface area contributed by atoms with Gasteiger partial charge in [0.05, 0.1) is 11.6 Å². The molecule has 5 heteroatoms. The molecule has 1 unspecified atom stereocenters. The quantitative estimate of drug-likeness (QED) is 0.941. The fourth-order valence-electron chi connectivity index (χ4n) is 3.06. The number of hydrogen-bond acceptors (Lipinski definition) is 3. The first-order valence-corrected chi connectivity index (χ1v) is 7.88. The minimum atomic E-state index is -0.110. The molecule has 0 radical (unpaired) electrons. The van der Waals surface area contributed by atoms with Gasteiger partial charge in [-0.25, -0.2) is 0 Å². The van der Waals surface area contributed by atoms with Gasteiger partial charge in [-0.3, -0.25) is 4.79 Å². The lowest BCUT2D eigenvalue weighted by molar-refractivity contribution is 0.0939. The summed E-state index contributed by atoms with van der Waals surface area (Å²) in [5, 5.41) is 3.06. The van der Waals surface area contributed by atoms with E-state index in [4.69, 9.17) is 9.47 Å². The molecule has 0 fully saturated rings. The van der Waals surface area contributed by atoms with E-state index < -0.39 is 0 Å². The average molecular weight is 314 g/mol. The van der Waals surface area contributed by atoms with Crippen molar-refractivity contribution in [3.05, 3.63) is 46.8 Å². The molecule has 1 N–H and O–H groups in total. The smallest absolute Gasteiger partial charge is 0.253 e. The molecule has 5 nitrogen and oxygen atoms in total. The summed E-state index contributed by atoms with van der Waals surface area (Å²) >= 11 is 0. The normalized spacial score (nSPS) is 13.9. The molecule has 0 spiro atoms. The Morgan fingerprint density at radius 1 is 1.26 bits per heavy atom. The maximum Gasteiger partial charge on any atom is 0.253 e. The summed E-state index contributed by atoms with van der Waals surface area (Å²) in [6.45, 7) is 9.17. The number of aromatic nitrogens is 1. The number of nitrogens with one attached hydrogen (secondary N) is 1. The lowest BCUT2D eigenvalue weighted by Crippen LogP contribution is -2.27. The molecule has 1 aliphatic rings. The first kappa shape index (κ1) is 15.5. The maximum absolute atomic E-state index is 12.6. The van der Waals surface area contributed by atoms with Gasteiger partial charge >= 0.3 is 0 Å². The van der Waals surface area contributed by atoms with Crippen LogP contribution in [0.25, 0.3) is 0 Å². The second kappa shape index (κ2) is 5.99. The van der Waals surface area contributed by atoms with Crippen molar-refractivity contribution in [3.63, 3.8) is 0 Å². The van der Waals surface area contributed by atoms with Gasteiger partial charge in [-0.1, -0.05) is 6.07 Å². The Kier molecular flexibility index (Phi) is 4.03.